The second kappa shape index (κ2) is 5.36. The third-order valence-electron chi connectivity index (χ3n) is 3.81. The minimum absolute atomic E-state index is 0.679. The van der Waals surface area contributed by atoms with Crippen molar-refractivity contribution in [3.05, 3.63) is 51.6 Å². The molecule has 3 aromatic heterocycles. The lowest BCUT2D eigenvalue weighted by Crippen LogP contribution is -2.28. The van der Waals surface area contributed by atoms with Gasteiger partial charge < -0.3 is 0 Å². The molecule has 0 N–H and O–H groups in total. The summed E-state index contributed by atoms with van der Waals surface area (Å²) in [4.78, 5) is 3.88. The maximum absolute atomic E-state index is 5.54. The van der Waals surface area contributed by atoms with Gasteiger partial charge in [0.2, 0.25) is 4.77 Å². The molecule has 3 aromatic rings. The summed E-state index contributed by atoms with van der Waals surface area (Å²) in [6.07, 6.45) is 4.54. The van der Waals surface area contributed by atoms with Gasteiger partial charge in [0.05, 0.1) is 6.67 Å². The first-order valence-electron chi connectivity index (χ1n) is 7.12. The number of hydrogen-bond acceptors (Lipinski definition) is 4. The molecule has 0 bridgehead atoms. The Labute approximate surface area is 132 Å². The summed E-state index contributed by atoms with van der Waals surface area (Å²) in [6, 6.07) is 11.0. The fourth-order valence-electron chi connectivity index (χ4n) is 2.57. The zero-order chi connectivity index (χ0) is 14.2. The van der Waals surface area contributed by atoms with Gasteiger partial charge in [-0.1, -0.05) is 12.1 Å². The first-order chi connectivity index (χ1) is 10.3. The van der Waals surface area contributed by atoms with Crippen molar-refractivity contribution in [1.82, 2.24) is 19.1 Å². The number of rotatable bonds is 5. The van der Waals surface area contributed by atoms with E-state index in [9.17, 15) is 0 Å². The Balaban J connectivity index is 1.62. The molecule has 0 amide bonds. The highest BCUT2D eigenvalue weighted by Crippen LogP contribution is 2.29. The quantitative estimate of drug-likeness (QED) is 0.673. The lowest BCUT2D eigenvalue weighted by atomic mass is 10.4. The molecule has 1 aliphatic rings. The minimum atomic E-state index is 0.679. The normalized spacial score (nSPS) is 15.1. The second-order valence-electron chi connectivity index (χ2n) is 5.41. The molecule has 21 heavy (non-hydrogen) atoms. The number of nitrogens with zero attached hydrogens (tertiary/aromatic N) is 4. The lowest BCUT2D eigenvalue weighted by molar-refractivity contribution is 0.189. The molecule has 0 unspecified atom stereocenters. The van der Waals surface area contributed by atoms with Gasteiger partial charge in [0.15, 0.2) is 5.65 Å². The Kier molecular flexibility index (Phi) is 3.37. The van der Waals surface area contributed by atoms with Gasteiger partial charge in [-0.05, 0) is 48.6 Å². The van der Waals surface area contributed by atoms with Crippen molar-refractivity contribution in [2.45, 2.75) is 32.1 Å². The van der Waals surface area contributed by atoms with Gasteiger partial charge in [0.25, 0.3) is 0 Å². The molecule has 3 heterocycles. The van der Waals surface area contributed by atoms with Gasteiger partial charge in [0, 0.05) is 23.7 Å². The molecule has 0 spiro atoms. The number of fused-ring (bicyclic) bond motifs is 1. The predicted molar refractivity (Wildman–Crippen MR) is 86.9 cm³/mol. The van der Waals surface area contributed by atoms with Gasteiger partial charge in [-0.25, -0.2) is 4.68 Å². The van der Waals surface area contributed by atoms with E-state index in [2.05, 4.69) is 27.5 Å². The highest BCUT2D eigenvalue weighted by Gasteiger charge is 2.29. The van der Waals surface area contributed by atoms with Crippen LogP contribution >= 0.6 is 23.6 Å². The molecule has 1 aliphatic carbocycles. The van der Waals surface area contributed by atoms with Crippen LogP contribution in [0.2, 0.25) is 0 Å². The fourth-order valence-corrected chi connectivity index (χ4v) is 3.55. The standard InChI is InChI=1S/C15H16N4S2/c20-15-18-8-2-1-5-14(18)16-19(15)11-17(12-6-7-12)10-13-4-3-9-21-13/h1-5,8-9,12H,6-7,10-11H2. The summed E-state index contributed by atoms with van der Waals surface area (Å²) >= 11 is 7.35. The van der Waals surface area contributed by atoms with Crippen molar-refractivity contribution in [1.29, 1.82) is 0 Å². The SMILES string of the molecule is S=c1n(CN(Cc2cccs2)C2CC2)nc2ccccn12. The van der Waals surface area contributed by atoms with Crippen LogP contribution in [0.4, 0.5) is 0 Å². The van der Waals surface area contributed by atoms with Crippen molar-refractivity contribution in [2.24, 2.45) is 0 Å². The lowest BCUT2D eigenvalue weighted by Gasteiger charge is -2.20. The van der Waals surface area contributed by atoms with E-state index in [-0.39, 0.29) is 0 Å². The molecule has 0 aliphatic heterocycles. The van der Waals surface area contributed by atoms with Crippen LogP contribution in [0, 0.1) is 4.77 Å². The zero-order valence-electron chi connectivity index (χ0n) is 11.6. The second-order valence-corrected chi connectivity index (χ2v) is 6.81. The number of pyridine rings is 1. The van der Waals surface area contributed by atoms with Crippen molar-refractivity contribution in [3.63, 3.8) is 0 Å². The van der Waals surface area contributed by atoms with E-state index < -0.39 is 0 Å². The van der Waals surface area contributed by atoms with Gasteiger partial charge in [-0.15, -0.1) is 11.3 Å². The molecule has 1 fully saturated rings. The van der Waals surface area contributed by atoms with Crippen molar-refractivity contribution in [2.75, 3.05) is 0 Å². The Morgan fingerprint density at radius 2 is 2.19 bits per heavy atom. The Hall–Kier alpha value is -1.50. The number of thiophene rings is 1. The summed E-state index contributed by atoms with van der Waals surface area (Å²) in [5.41, 5.74) is 0.911. The molecule has 4 nitrogen and oxygen atoms in total. The summed E-state index contributed by atoms with van der Waals surface area (Å²) in [5.74, 6) is 0. The minimum Gasteiger partial charge on any atom is -0.276 e. The van der Waals surface area contributed by atoms with Crippen molar-refractivity contribution < 1.29 is 0 Å². The van der Waals surface area contributed by atoms with E-state index in [0.29, 0.717) is 6.04 Å². The molecule has 108 valence electrons. The first-order valence-corrected chi connectivity index (χ1v) is 8.41. The topological polar surface area (TPSA) is 25.5 Å². The molecule has 6 heteroatoms. The summed E-state index contributed by atoms with van der Waals surface area (Å²) in [6.45, 7) is 1.75. The monoisotopic (exact) mass is 316 g/mol. The number of hydrogen-bond donors (Lipinski definition) is 0. The van der Waals surface area contributed by atoms with E-state index in [1.54, 1.807) is 0 Å². The van der Waals surface area contributed by atoms with Crippen LogP contribution in [0.15, 0.2) is 41.9 Å². The smallest absolute Gasteiger partial charge is 0.203 e. The van der Waals surface area contributed by atoms with Crippen molar-refractivity contribution in [3.8, 4) is 0 Å². The van der Waals surface area contributed by atoms with E-state index >= 15 is 0 Å². The molecule has 4 rings (SSSR count). The van der Waals surface area contributed by atoms with Crippen LogP contribution in [0.25, 0.3) is 5.65 Å². The average molecular weight is 316 g/mol. The van der Waals surface area contributed by atoms with Gasteiger partial charge in [0.1, 0.15) is 0 Å². The Morgan fingerprint density at radius 3 is 2.90 bits per heavy atom. The highest BCUT2D eigenvalue weighted by molar-refractivity contribution is 7.71. The molecule has 0 aromatic carbocycles. The summed E-state index contributed by atoms with van der Waals surface area (Å²) in [5, 5.41) is 6.76. The van der Waals surface area contributed by atoms with Gasteiger partial charge in [-0.3, -0.25) is 9.30 Å². The van der Waals surface area contributed by atoms with Crippen LogP contribution in [0.1, 0.15) is 17.7 Å². The van der Waals surface area contributed by atoms with Crippen molar-refractivity contribution >= 4 is 29.2 Å². The van der Waals surface area contributed by atoms with Crippen LogP contribution in [-0.2, 0) is 13.2 Å². The predicted octanol–water partition coefficient (Wildman–Crippen LogP) is 3.55. The summed E-state index contributed by atoms with van der Waals surface area (Å²) in [7, 11) is 0. The van der Waals surface area contributed by atoms with Crippen LogP contribution in [0.5, 0.6) is 0 Å². The zero-order valence-corrected chi connectivity index (χ0v) is 13.2. The Bertz CT molecular complexity index is 799. The Morgan fingerprint density at radius 1 is 1.29 bits per heavy atom. The van der Waals surface area contributed by atoms with Gasteiger partial charge >= 0.3 is 0 Å². The average Bonchev–Trinajstić information content (AvgIpc) is 3.14. The molecule has 0 saturated heterocycles. The highest BCUT2D eigenvalue weighted by atomic mass is 32.1. The van der Waals surface area contributed by atoms with E-state index in [1.165, 1.54) is 17.7 Å². The first kappa shape index (κ1) is 13.2. The largest absolute Gasteiger partial charge is 0.276 e. The molecule has 1 saturated carbocycles. The van der Waals surface area contributed by atoms with Crippen LogP contribution in [0.3, 0.4) is 0 Å². The molecular formula is C15H16N4S2. The maximum atomic E-state index is 5.54. The van der Waals surface area contributed by atoms with E-state index in [4.69, 9.17) is 12.2 Å². The summed E-state index contributed by atoms with van der Waals surface area (Å²) < 4.78 is 4.67. The molecule has 0 atom stereocenters. The molecule has 0 radical (unpaired) electrons. The van der Waals surface area contributed by atoms with Gasteiger partial charge in [-0.2, -0.15) is 5.10 Å². The third-order valence-corrected chi connectivity index (χ3v) is 5.07. The van der Waals surface area contributed by atoms with E-state index in [1.807, 2.05) is 44.8 Å². The molecular weight excluding hydrogens is 300 g/mol. The van der Waals surface area contributed by atoms with Crippen LogP contribution in [-0.4, -0.2) is 25.1 Å². The third kappa shape index (κ3) is 2.66. The maximum Gasteiger partial charge on any atom is 0.203 e. The van der Waals surface area contributed by atoms with E-state index in [0.717, 1.165) is 23.6 Å². The van der Waals surface area contributed by atoms with Crippen LogP contribution < -0.4 is 0 Å². The fraction of sp³-hybridized carbons (Fsp3) is 0.333. The number of aromatic nitrogens is 3.